The number of nitrogens with one attached hydrogen (secondary N) is 1. The Balaban J connectivity index is 2.43. The minimum Gasteiger partial charge on any atom is -0.768 e. The lowest BCUT2D eigenvalue weighted by molar-refractivity contribution is 0.101. The second-order valence-electron chi connectivity index (χ2n) is 4.86. The number of hydrogen-bond acceptors (Lipinski definition) is 5. The van der Waals surface area contributed by atoms with Crippen molar-refractivity contribution in [3.05, 3.63) is 45.1 Å². The fourth-order valence-corrected chi connectivity index (χ4v) is 3.72. The Labute approximate surface area is 134 Å². The minimum absolute atomic E-state index is 0.0448. The summed E-state index contributed by atoms with van der Waals surface area (Å²) in [5.74, 6) is -0.704. The smallest absolute Gasteiger partial charge is 0.266 e. The summed E-state index contributed by atoms with van der Waals surface area (Å²) in [4.78, 5) is 24.1. The second-order valence-corrected chi connectivity index (χ2v) is 6.69. The predicted molar refractivity (Wildman–Crippen MR) is 85.4 cm³/mol. The van der Waals surface area contributed by atoms with Gasteiger partial charge in [0.25, 0.3) is 5.91 Å². The summed E-state index contributed by atoms with van der Waals surface area (Å²) in [5.41, 5.74) is 2.49. The average molecular weight is 336 g/mol. The molecule has 0 aliphatic rings. The number of carbonyl (C=O) groups excluding carboxylic acids is 2. The minimum atomic E-state index is -2.48. The van der Waals surface area contributed by atoms with Crippen LogP contribution in [0.2, 0.25) is 0 Å². The van der Waals surface area contributed by atoms with Crippen LogP contribution in [0.25, 0.3) is 0 Å². The lowest BCUT2D eigenvalue weighted by Gasteiger charge is -2.14. The molecule has 0 radical (unpaired) electrons. The molecule has 0 spiro atoms. The molecular weight excluding hydrogens is 322 g/mol. The number of amides is 1. The third kappa shape index (κ3) is 3.32. The van der Waals surface area contributed by atoms with E-state index in [1.165, 1.54) is 18.4 Å². The van der Waals surface area contributed by atoms with Crippen LogP contribution in [0.3, 0.4) is 0 Å². The molecule has 0 fully saturated rings. The van der Waals surface area contributed by atoms with E-state index in [1.54, 1.807) is 13.0 Å². The van der Waals surface area contributed by atoms with Crippen molar-refractivity contribution in [2.75, 3.05) is 5.32 Å². The molecule has 0 aliphatic carbocycles. The average Bonchev–Trinajstić information content (AvgIpc) is 2.90. The van der Waals surface area contributed by atoms with Crippen molar-refractivity contribution in [2.45, 2.75) is 25.7 Å². The first-order valence-corrected chi connectivity index (χ1v) is 8.37. The van der Waals surface area contributed by atoms with Gasteiger partial charge in [0, 0.05) is 10.5 Å². The Bertz CT molecular complexity index is 780. The highest BCUT2D eigenvalue weighted by atomic mass is 32.2. The summed E-state index contributed by atoms with van der Waals surface area (Å²) in [5, 5.41) is 4.20. The van der Waals surface area contributed by atoms with Crippen molar-refractivity contribution in [1.29, 1.82) is 0 Å². The fourth-order valence-electron chi connectivity index (χ4n) is 2.18. The van der Waals surface area contributed by atoms with Gasteiger partial charge in [-0.3, -0.25) is 13.8 Å². The SMILES string of the molecule is CC(=O)c1cc(C)cc(C)c1NC(=O)c1sccc1S(=O)[O-]. The number of thiophene rings is 1. The maximum atomic E-state index is 12.3. The molecule has 1 atom stereocenters. The highest BCUT2D eigenvalue weighted by Gasteiger charge is 2.18. The van der Waals surface area contributed by atoms with E-state index in [0.29, 0.717) is 11.3 Å². The van der Waals surface area contributed by atoms with Crippen LogP contribution in [-0.2, 0) is 11.1 Å². The van der Waals surface area contributed by atoms with Crippen LogP contribution >= 0.6 is 11.3 Å². The topological polar surface area (TPSA) is 86.3 Å². The molecule has 2 rings (SSSR count). The number of hydrogen-bond donors (Lipinski definition) is 1. The first kappa shape index (κ1) is 16.5. The van der Waals surface area contributed by atoms with Gasteiger partial charge < -0.3 is 9.87 Å². The summed E-state index contributed by atoms with van der Waals surface area (Å²) in [7, 11) is 0. The summed E-state index contributed by atoms with van der Waals surface area (Å²) in [6, 6.07) is 4.92. The second kappa shape index (κ2) is 6.51. The van der Waals surface area contributed by atoms with Gasteiger partial charge in [0.2, 0.25) is 0 Å². The van der Waals surface area contributed by atoms with Crippen LogP contribution < -0.4 is 5.32 Å². The highest BCUT2D eigenvalue weighted by Crippen LogP contribution is 2.26. The van der Waals surface area contributed by atoms with Gasteiger partial charge in [0.05, 0.1) is 5.69 Å². The van der Waals surface area contributed by atoms with E-state index >= 15 is 0 Å². The summed E-state index contributed by atoms with van der Waals surface area (Å²) in [6.45, 7) is 5.08. The van der Waals surface area contributed by atoms with Crippen molar-refractivity contribution in [1.82, 2.24) is 0 Å². The molecule has 0 bridgehead atoms. The van der Waals surface area contributed by atoms with Crippen molar-refractivity contribution in [2.24, 2.45) is 0 Å². The summed E-state index contributed by atoms with van der Waals surface area (Å²) >= 11 is -1.44. The number of benzene rings is 1. The van der Waals surface area contributed by atoms with Crippen LogP contribution in [0.15, 0.2) is 28.5 Å². The zero-order valence-corrected chi connectivity index (χ0v) is 13.9. The number of anilines is 1. The van der Waals surface area contributed by atoms with Crippen molar-refractivity contribution in [3.63, 3.8) is 0 Å². The largest absolute Gasteiger partial charge is 0.768 e. The maximum Gasteiger partial charge on any atom is 0.266 e. The third-order valence-corrected chi connectivity index (χ3v) is 4.85. The molecule has 0 aliphatic heterocycles. The van der Waals surface area contributed by atoms with E-state index < -0.39 is 17.0 Å². The number of aryl methyl sites for hydroxylation is 2. The fraction of sp³-hybridized carbons (Fsp3) is 0.200. The zero-order chi connectivity index (χ0) is 16.4. The molecule has 1 aromatic carbocycles. The van der Waals surface area contributed by atoms with Gasteiger partial charge in [-0.05, 0) is 60.5 Å². The predicted octanol–water partition coefficient (Wildman–Crippen LogP) is 3.06. The van der Waals surface area contributed by atoms with E-state index in [4.69, 9.17) is 0 Å². The molecule has 1 aromatic heterocycles. The Kier molecular flexibility index (Phi) is 4.90. The monoisotopic (exact) mass is 336 g/mol. The van der Waals surface area contributed by atoms with E-state index in [-0.39, 0.29) is 15.6 Å². The van der Waals surface area contributed by atoms with Gasteiger partial charge in [0.1, 0.15) is 4.88 Å². The third-order valence-electron chi connectivity index (χ3n) is 3.11. The molecule has 1 amide bonds. The molecule has 1 N–H and O–H groups in total. The molecule has 22 heavy (non-hydrogen) atoms. The molecule has 7 heteroatoms. The Hall–Kier alpha value is -1.83. The van der Waals surface area contributed by atoms with Gasteiger partial charge in [-0.25, -0.2) is 0 Å². The van der Waals surface area contributed by atoms with Gasteiger partial charge in [-0.2, -0.15) is 0 Å². The molecule has 1 unspecified atom stereocenters. The first-order chi connectivity index (χ1) is 10.3. The molecule has 5 nitrogen and oxygen atoms in total. The number of rotatable bonds is 4. The molecular formula is C15H14NO4S2-. The maximum absolute atomic E-state index is 12.3. The first-order valence-electron chi connectivity index (χ1n) is 6.41. The number of ketones is 1. The van der Waals surface area contributed by atoms with Crippen LogP contribution in [0.4, 0.5) is 5.69 Å². The van der Waals surface area contributed by atoms with E-state index in [0.717, 1.165) is 22.5 Å². The van der Waals surface area contributed by atoms with Gasteiger partial charge in [-0.15, -0.1) is 11.3 Å². The Morgan fingerprint density at radius 3 is 2.55 bits per heavy atom. The van der Waals surface area contributed by atoms with Crippen LogP contribution in [-0.4, -0.2) is 20.5 Å². The quantitative estimate of drug-likeness (QED) is 0.687. The number of carbonyl (C=O) groups is 2. The molecule has 2 aromatic rings. The van der Waals surface area contributed by atoms with E-state index in [9.17, 15) is 18.4 Å². The van der Waals surface area contributed by atoms with Crippen LogP contribution in [0.5, 0.6) is 0 Å². The zero-order valence-electron chi connectivity index (χ0n) is 12.3. The van der Waals surface area contributed by atoms with E-state index in [1.807, 2.05) is 13.0 Å². The standard InChI is InChI=1S/C15H15NO4S2/c1-8-6-9(2)13(11(7-8)10(3)17)16-15(18)14-12(22(19)20)4-5-21-14/h4-7H,1-3H3,(H,16,18)(H,19,20)/p-1. The van der Waals surface area contributed by atoms with Crippen molar-refractivity contribution < 1.29 is 18.4 Å². The van der Waals surface area contributed by atoms with Gasteiger partial charge >= 0.3 is 0 Å². The lowest BCUT2D eigenvalue weighted by atomic mass is 10.0. The lowest BCUT2D eigenvalue weighted by Crippen LogP contribution is -2.16. The molecule has 0 saturated carbocycles. The van der Waals surface area contributed by atoms with Gasteiger partial charge in [0.15, 0.2) is 5.78 Å². The Morgan fingerprint density at radius 2 is 1.95 bits per heavy atom. The summed E-state index contributed by atoms with van der Waals surface area (Å²) in [6.07, 6.45) is 0. The molecule has 0 saturated heterocycles. The van der Waals surface area contributed by atoms with Crippen LogP contribution in [0, 0.1) is 13.8 Å². The molecule has 1 heterocycles. The Morgan fingerprint density at radius 1 is 1.27 bits per heavy atom. The highest BCUT2D eigenvalue weighted by molar-refractivity contribution is 7.79. The van der Waals surface area contributed by atoms with Gasteiger partial charge in [-0.1, -0.05) is 6.07 Å². The number of Topliss-reactive ketones (excluding diaryl/α,β-unsaturated/α-hetero) is 1. The van der Waals surface area contributed by atoms with Crippen LogP contribution in [0.1, 0.15) is 38.1 Å². The van der Waals surface area contributed by atoms with Crippen molar-refractivity contribution in [3.8, 4) is 0 Å². The molecule has 116 valence electrons. The van der Waals surface area contributed by atoms with E-state index in [2.05, 4.69) is 5.32 Å². The normalized spacial score (nSPS) is 12.0. The van der Waals surface area contributed by atoms with Crippen molar-refractivity contribution >= 4 is 39.8 Å². The summed E-state index contributed by atoms with van der Waals surface area (Å²) < 4.78 is 22.2.